The Labute approximate surface area is 244 Å². The van der Waals surface area contributed by atoms with Crippen molar-refractivity contribution >= 4 is 55.9 Å². The number of amides is 2. The highest BCUT2D eigenvalue weighted by atomic mass is 32.1. The highest BCUT2D eigenvalue weighted by molar-refractivity contribution is 7.22. The zero-order valence-corrected chi connectivity index (χ0v) is 23.5. The van der Waals surface area contributed by atoms with Gasteiger partial charge in [0.15, 0.2) is 5.13 Å². The van der Waals surface area contributed by atoms with Gasteiger partial charge in [-0.25, -0.2) is 19.6 Å². The number of carbonyl (C=O) groups is 2. The van der Waals surface area contributed by atoms with Crippen molar-refractivity contribution < 1.29 is 24.2 Å². The van der Waals surface area contributed by atoms with Gasteiger partial charge >= 0.3 is 12.2 Å². The number of ether oxygens (including phenoxy) is 2. The molecule has 9 nitrogen and oxygen atoms in total. The van der Waals surface area contributed by atoms with Crippen molar-refractivity contribution in [1.29, 1.82) is 0 Å². The van der Waals surface area contributed by atoms with Crippen LogP contribution in [0.3, 0.4) is 0 Å². The molecule has 6 rings (SSSR count). The average molecular weight is 587 g/mol. The minimum Gasteiger partial charge on any atom is -0.490 e. The monoisotopic (exact) mass is 586 g/mol. The van der Waals surface area contributed by atoms with Gasteiger partial charge in [-0.05, 0) is 61.6 Å². The molecule has 2 aromatic heterocycles. The molecular formula is C30H26N4O5S2. The number of hydrogen-bond donors (Lipinski definition) is 2. The first-order chi connectivity index (χ1) is 20.0. The lowest BCUT2D eigenvalue weighted by Gasteiger charge is -2.29. The Hall–Kier alpha value is -4.48. The van der Waals surface area contributed by atoms with E-state index in [1.54, 1.807) is 11.0 Å². The lowest BCUT2D eigenvalue weighted by molar-refractivity contribution is 0.142. The summed E-state index contributed by atoms with van der Waals surface area (Å²) in [5, 5.41) is 13.3. The number of unbranched alkanes of at least 4 members (excludes halogenated alkanes) is 1. The van der Waals surface area contributed by atoms with Crippen LogP contribution >= 0.6 is 22.7 Å². The topological polar surface area (TPSA) is 114 Å². The second kappa shape index (κ2) is 11.9. The number of aryl methyl sites for hydroxylation is 2. The fraction of sp³-hybridized carbons (Fsp3) is 0.200. The molecule has 0 bridgehead atoms. The maximum absolute atomic E-state index is 13.3. The number of carboxylic acid groups (broad SMARTS) is 1. The second-order valence-electron chi connectivity index (χ2n) is 9.41. The molecule has 11 heteroatoms. The van der Waals surface area contributed by atoms with Crippen molar-refractivity contribution in [3.8, 4) is 22.2 Å². The fourth-order valence-electron chi connectivity index (χ4n) is 4.69. The number of hydrogen-bond acceptors (Lipinski definition) is 8. The van der Waals surface area contributed by atoms with E-state index < -0.39 is 6.16 Å². The molecule has 0 aliphatic carbocycles. The van der Waals surface area contributed by atoms with E-state index in [4.69, 9.17) is 9.47 Å². The molecule has 0 radical (unpaired) electrons. The van der Waals surface area contributed by atoms with Crippen LogP contribution in [0.5, 0.6) is 11.6 Å². The highest BCUT2D eigenvalue weighted by Crippen LogP contribution is 2.40. The van der Waals surface area contributed by atoms with Crippen molar-refractivity contribution in [3.05, 3.63) is 83.2 Å². The summed E-state index contributed by atoms with van der Waals surface area (Å²) in [5.74, 6) is 0.691. The van der Waals surface area contributed by atoms with Crippen LogP contribution in [0.2, 0.25) is 0 Å². The molecule has 0 unspecified atom stereocenters. The number of rotatable bonds is 8. The van der Waals surface area contributed by atoms with Crippen molar-refractivity contribution in [2.75, 3.05) is 23.4 Å². The Morgan fingerprint density at radius 3 is 2.61 bits per heavy atom. The molecule has 1 aliphatic heterocycles. The Balaban J connectivity index is 1.20. The van der Waals surface area contributed by atoms with Crippen LogP contribution in [0.4, 0.5) is 20.4 Å². The summed E-state index contributed by atoms with van der Waals surface area (Å²) in [6.07, 6.45) is 2.02. The van der Waals surface area contributed by atoms with E-state index in [9.17, 15) is 14.7 Å². The van der Waals surface area contributed by atoms with Gasteiger partial charge in [-0.15, -0.1) is 11.3 Å². The Bertz CT molecular complexity index is 1670. The molecule has 208 valence electrons. The number of anilines is 2. The van der Waals surface area contributed by atoms with E-state index >= 15 is 0 Å². The molecule has 2 amide bonds. The predicted molar refractivity (Wildman–Crippen MR) is 161 cm³/mol. The summed E-state index contributed by atoms with van der Waals surface area (Å²) >= 11 is 2.81. The Morgan fingerprint density at radius 2 is 1.78 bits per heavy atom. The van der Waals surface area contributed by atoms with Crippen molar-refractivity contribution in [1.82, 2.24) is 9.97 Å². The third-order valence-corrected chi connectivity index (χ3v) is 8.73. The van der Waals surface area contributed by atoms with Gasteiger partial charge in [0.1, 0.15) is 17.4 Å². The predicted octanol–water partition coefficient (Wildman–Crippen LogP) is 7.47. The number of nitrogens with zero attached hydrogens (tertiary/aromatic N) is 3. The van der Waals surface area contributed by atoms with Gasteiger partial charge < -0.3 is 14.6 Å². The Kier molecular flexibility index (Phi) is 7.79. The summed E-state index contributed by atoms with van der Waals surface area (Å²) < 4.78 is 11.9. The van der Waals surface area contributed by atoms with E-state index in [2.05, 4.69) is 27.4 Å². The molecule has 0 atom stereocenters. The van der Waals surface area contributed by atoms with Gasteiger partial charge in [0.05, 0.1) is 27.3 Å². The number of aromatic nitrogens is 2. The number of fused-ring (bicyclic) bond motifs is 2. The molecule has 5 aromatic rings. The normalized spacial score (nSPS) is 12.5. The number of urea groups is 1. The van der Waals surface area contributed by atoms with Gasteiger partial charge in [0.25, 0.3) is 0 Å². The zero-order valence-electron chi connectivity index (χ0n) is 21.9. The SMILES string of the molecule is O=C(O)Oc1nc(-c2ccc3c(c2)N(C(=O)Nc2nc4ccccc4s2)CCO3)sc1CCCCc1ccccc1. The lowest BCUT2D eigenvalue weighted by atomic mass is 10.1. The van der Waals surface area contributed by atoms with Crippen LogP contribution in [-0.2, 0) is 12.8 Å². The summed E-state index contributed by atoms with van der Waals surface area (Å²) in [6, 6.07) is 23.2. The van der Waals surface area contributed by atoms with E-state index in [0.717, 1.165) is 39.9 Å². The van der Waals surface area contributed by atoms with Crippen LogP contribution in [0.15, 0.2) is 72.8 Å². The highest BCUT2D eigenvalue weighted by Gasteiger charge is 2.26. The van der Waals surface area contributed by atoms with Crippen molar-refractivity contribution in [2.24, 2.45) is 0 Å². The van der Waals surface area contributed by atoms with Crippen molar-refractivity contribution in [3.63, 3.8) is 0 Å². The van der Waals surface area contributed by atoms with Gasteiger partial charge in [-0.1, -0.05) is 53.8 Å². The maximum Gasteiger partial charge on any atom is 0.512 e. The Morgan fingerprint density at radius 1 is 0.976 bits per heavy atom. The molecule has 2 N–H and O–H groups in total. The lowest BCUT2D eigenvalue weighted by Crippen LogP contribution is -2.40. The summed E-state index contributed by atoms with van der Waals surface area (Å²) in [6.45, 7) is 0.728. The summed E-state index contributed by atoms with van der Waals surface area (Å²) in [4.78, 5) is 36.1. The van der Waals surface area contributed by atoms with Gasteiger partial charge in [0, 0.05) is 5.56 Å². The maximum atomic E-state index is 13.3. The molecule has 0 fully saturated rings. The third-order valence-electron chi connectivity index (χ3n) is 6.63. The molecular weight excluding hydrogens is 560 g/mol. The molecule has 3 aromatic carbocycles. The number of carbonyl (C=O) groups excluding carboxylic acids is 1. The number of nitrogens with one attached hydrogen (secondary N) is 1. The van der Waals surface area contributed by atoms with Crippen LogP contribution < -0.4 is 19.7 Å². The molecule has 3 heterocycles. The van der Waals surface area contributed by atoms with Gasteiger partial charge in [-0.3, -0.25) is 10.2 Å². The van der Waals surface area contributed by atoms with Gasteiger partial charge in [-0.2, -0.15) is 0 Å². The minimum atomic E-state index is -1.40. The first-order valence-electron chi connectivity index (χ1n) is 13.2. The third kappa shape index (κ3) is 6.16. The van der Waals surface area contributed by atoms with E-state index in [-0.39, 0.29) is 11.9 Å². The first-order valence-corrected chi connectivity index (χ1v) is 14.8. The largest absolute Gasteiger partial charge is 0.512 e. The van der Waals surface area contributed by atoms with Crippen molar-refractivity contribution in [2.45, 2.75) is 25.7 Å². The van der Waals surface area contributed by atoms with Crippen LogP contribution in [0.25, 0.3) is 20.8 Å². The molecule has 0 saturated heterocycles. The fourth-order valence-corrected chi connectivity index (χ4v) is 6.57. The number of benzene rings is 3. The van der Waals surface area contributed by atoms with E-state index in [0.29, 0.717) is 41.1 Å². The minimum absolute atomic E-state index is 0.108. The standard InChI is InChI=1S/C30H26N4O5S2/c35-29(33-28-31-21-11-5-7-12-24(21)41-28)34-16-17-38-23-15-14-20(18-22(23)34)27-32-26(39-30(36)37)25(40-27)13-6-4-10-19-8-2-1-3-9-19/h1-3,5,7-9,11-12,14-15,18H,4,6,10,13,16-17H2,(H,36,37)(H,31,33,35). The smallest absolute Gasteiger partial charge is 0.490 e. The van der Waals surface area contributed by atoms with E-state index in [1.807, 2.05) is 54.6 Å². The van der Waals surface area contributed by atoms with Crippen LogP contribution in [0, 0.1) is 0 Å². The molecule has 1 aliphatic rings. The molecule has 0 saturated carbocycles. The van der Waals surface area contributed by atoms with Crippen LogP contribution in [-0.4, -0.2) is 40.4 Å². The molecule has 0 spiro atoms. The van der Waals surface area contributed by atoms with Gasteiger partial charge in [0.2, 0.25) is 5.88 Å². The number of thiazole rings is 2. The first kappa shape index (κ1) is 26.7. The van der Waals surface area contributed by atoms with Crippen LogP contribution in [0.1, 0.15) is 23.3 Å². The summed E-state index contributed by atoms with van der Waals surface area (Å²) in [5.41, 5.74) is 3.44. The molecule has 41 heavy (non-hydrogen) atoms. The quantitative estimate of drug-likeness (QED) is 0.143. The zero-order chi connectivity index (χ0) is 28.2. The second-order valence-corrected chi connectivity index (χ2v) is 11.5. The summed E-state index contributed by atoms with van der Waals surface area (Å²) in [7, 11) is 0. The average Bonchev–Trinajstić information content (AvgIpc) is 3.58. The number of para-hydroxylation sites is 1. The van der Waals surface area contributed by atoms with E-state index in [1.165, 1.54) is 28.2 Å².